The van der Waals surface area contributed by atoms with Crippen LogP contribution in [-0.2, 0) is 4.79 Å². The Morgan fingerprint density at radius 1 is 1.07 bits per heavy atom. The van der Waals surface area contributed by atoms with Crippen molar-refractivity contribution in [3.8, 4) is 0 Å². The Labute approximate surface area is 167 Å². The molecule has 148 valence electrons. The van der Waals surface area contributed by atoms with Crippen LogP contribution in [0.5, 0.6) is 0 Å². The molecule has 0 bridgehead atoms. The van der Waals surface area contributed by atoms with Gasteiger partial charge in [0.25, 0.3) is 0 Å². The molecule has 0 aliphatic heterocycles. The number of benzene rings is 1. The van der Waals surface area contributed by atoms with Gasteiger partial charge in [0.05, 0.1) is 6.10 Å². The molecule has 5 unspecified atom stereocenters. The van der Waals surface area contributed by atoms with Crippen LogP contribution in [0.25, 0.3) is 0 Å². The topological polar surface area (TPSA) is 49.3 Å². The van der Waals surface area contributed by atoms with E-state index in [-0.39, 0.29) is 11.5 Å². The van der Waals surface area contributed by atoms with Gasteiger partial charge in [-0.2, -0.15) is 0 Å². The fraction of sp³-hybridized carbons (Fsp3) is 0.560. The number of nitrogens with one attached hydrogen (secondary N) is 1. The number of ketones is 1. The zero-order valence-electron chi connectivity index (χ0n) is 17.0. The normalized spacial score (nSPS) is 37.1. The van der Waals surface area contributed by atoms with Crippen LogP contribution in [0.3, 0.4) is 0 Å². The lowest BCUT2D eigenvalue weighted by molar-refractivity contribution is -0.114. The van der Waals surface area contributed by atoms with Gasteiger partial charge in [-0.05, 0) is 90.7 Å². The van der Waals surface area contributed by atoms with Crippen molar-refractivity contribution in [2.45, 2.75) is 63.9 Å². The van der Waals surface area contributed by atoms with Gasteiger partial charge in [0, 0.05) is 25.1 Å². The van der Waals surface area contributed by atoms with E-state index in [1.54, 1.807) is 5.57 Å². The zero-order valence-corrected chi connectivity index (χ0v) is 17.0. The maximum Gasteiger partial charge on any atom is 0.156 e. The number of carbonyl (C=O) groups is 1. The maximum absolute atomic E-state index is 12.0. The van der Waals surface area contributed by atoms with E-state index in [1.807, 2.05) is 13.1 Å². The molecule has 0 heterocycles. The number of rotatable bonds is 2. The van der Waals surface area contributed by atoms with Crippen molar-refractivity contribution in [2.75, 3.05) is 12.4 Å². The molecule has 2 saturated carbocycles. The van der Waals surface area contributed by atoms with E-state index in [0.29, 0.717) is 30.0 Å². The highest BCUT2D eigenvalue weighted by Gasteiger charge is 2.56. The molecule has 3 heteroatoms. The van der Waals surface area contributed by atoms with E-state index in [9.17, 15) is 9.90 Å². The summed E-state index contributed by atoms with van der Waals surface area (Å²) in [6, 6.07) is 8.86. The third-order valence-corrected chi connectivity index (χ3v) is 8.28. The molecular weight excluding hydrogens is 346 g/mol. The summed E-state index contributed by atoms with van der Waals surface area (Å²) in [4.78, 5) is 12.0. The van der Waals surface area contributed by atoms with Gasteiger partial charge >= 0.3 is 0 Å². The quantitative estimate of drug-likeness (QED) is 0.763. The summed E-state index contributed by atoms with van der Waals surface area (Å²) in [5, 5.41) is 14.1. The minimum Gasteiger partial charge on any atom is -0.393 e. The minimum atomic E-state index is -0.187. The Kier molecular flexibility index (Phi) is 4.28. The molecule has 0 aromatic heterocycles. The fourth-order valence-corrected chi connectivity index (χ4v) is 6.81. The lowest BCUT2D eigenvalue weighted by Gasteiger charge is -2.52. The molecule has 5 atom stereocenters. The smallest absolute Gasteiger partial charge is 0.156 e. The summed E-state index contributed by atoms with van der Waals surface area (Å²) in [6.07, 6.45) is 8.58. The molecule has 0 saturated heterocycles. The molecule has 2 N–H and O–H groups in total. The third kappa shape index (κ3) is 2.62. The van der Waals surface area contributed by atoms with E-state index in [0.717, 1.165) is 44.2 Å². The lowest BCUT2D eigenvalue weighted by Crippen LogP contribution is -2.45. The van der Waals surface area contributed by atoms with Crippen LogP contribution in [0.1, 0.15) is 63.4 Å². The summed E-state index contributed by atoms with van der Waals surface area (Å²) >= 11 is 0. The Bertz CT molecular complexity index is 865. The van der Waals surface area contributed by atoms with Crippen LogP contribution in [0.15, 0.2) is 47.1 Å². The second kappa shape index (κ2) is 6.59. The van der Waals surface area contributed by atoms with Gasteiger partial charge in [-0.1, -0.05) is 24.6 Å². The van der Waals surface area contributed by atoms with Crippen molar-refractivity contribution in [3.05, 3.63) is 52.6 Å². The van der Waals surface area contributed by atoms with Gasteiger partial charge in [-0.15, -0.1) is 0 Å². The van der Waals surface area contributed by atoms with Crippen molar-refractivity contribution < 1.29 is 9.90 Å². The van der Waals surface area contributed by atoms with Gasteiger partial charge in [0.2, 0.25) is 0 Å². The van der Waals surface area contributed by atoms with Crippen LogP contribution in [-0.4, -0.2) is 24.0 Å². The van der Waals surface area contributed by atoms with Crippen molar-refractivity contribution >= 4 is 11.5 Å². The highest BCUT2D eigenvalue weighted by atomic mass is 16.3. The van der Waals surface area contributed by atoms with E-state index in [4.69, 9.17) is 0 Å². The average Bonchev–Trinajstić information content (AvgIpc) is 3.01. The monoisotopic (exact) mass is 377 g/mol. The summed E-state index contributed by atoms with van der Waals surface area (Å²) < 4.78 is 0. The van der Waals surface area contributed by atoms with Crippen molar-refractivity contribution in [3.63, 3.8) is 0 Å². The summed E-state index contributed by atoms with van der Waals surface area (Å²) in [5.74, 6) is 1.80. The number of hydrogen-bond donors (Lipinski definition) is 2. The fourth-order valence-electron chi connectivity index (χ4n) is 6.81. The van der Waals surface area contributed by atoms with Crippen LogP contribution in [0.4, 0.5) is 5.69 Å². The van der Waals surface area contributed by atoms with Gasteiger partial charge in [-0.25, -0.2) is 0 Å². The largest absolute Gasteiger partial charge is 0.393 e. The van der Waals surface area contributed by atoms with Crippen molar-refractivity contribution in [2.24, 2.45) is 17.3 Å². The Morgan fingerprint density at radius 2 is 1.86 bits per heavy atom. The molecule has 1 aromatic rings. The molecule has 4 aliphatic carbocycles. The first-order valence-corrected chi connectivity index (χ1v) is 10.9. The van der Waals surface area contributed by atoms with Crippen LogP contribution < -0.4 is 5.32 Å². The lowest BCUT2D eigenvalue weighted by atomic mass is 9.53. The third-order valence-electron chi connectivity index (χ3n) is 8.28. The van der Waals surface area contributed by atoms with Gasteiger partial charge in [0.15, 0.2) is 5.78 Å². The Morgan fingerprint density at radius 3 is 2.61 bits per heavy atom. The maximum atomic E-state index is 12.0. The second-order valence-corrected chi connectivity index (χ2v) is 9.55. The van der Waals surface area contributed by atoms with E-state index >= 15 is 0 Å². The molecule has 1 aromatic carbocycles. The molecule has 0 amide bonds. The number of hydrogen-bond acceptors (Lipinski definition) is 3. The summed E-state index contributed by atoms with van der Waals surface area (Å²) in [6.45, 7) is 2.33. The minimum absolute atomic E-state index is 0.00672. The average molecular weight is 378 g/mol. The van der Waals surface area contributed by atoms with Crippen LogP contribution in [0, 0.1) is 17.3 Å². The van der Waals surface area contributed by atoms with E-state index < -0.39 is 0 Å². The SMILES string of the molecule is CNc1ccc(C2CC3(C)C(O)CCC3C3CCC4=CC(=O)CCC4=C23)cc1. The molecule has 0 radical (unpaired) electrons. The van der Waals surface area contributed by atoms with E-state index in [2.05, 4.69) is 36.5 Å². The predicted octanol–water partition coefficient (Wildman–Crippen LogP) is 4.99. The van der Waals surface area contributed by atoms with Crippen molar-refractivity contribution in [1.82, 2.24) is 0 Å². The summed E-state index contributed by atoms with van der Waals surface area (Å²) in [5.41, 5.74) is 6.91. The second-order valence-electron chi connectivity index (χ2n) is 9.55. The zero-order chi connectivity index (χ0) is 19.5. The molecule has 5 rings (SSSR count). The first-order chi connectivity index (χ1) is 13.5. The number of allylic oxidation sites excluding steroid dienone is 4. The Balaban J connectivity index is 1.66. The molecule has 3 nitrogen and oxygen atoms in total. The van der Waals surface area contributed by atoms with Gasteiger partial charge in [0.1, 0.15) is 0 Å². The first-order valence-electron chi connectivity index (χ1n) is 10.9. The first kappa shape index (κ1) is 18.2. The number of aliphatic hydroxyl groups is 1. The standard InChI is InChI=1S/C25H31NO2/c1-25-14-21(15-3-6-17(26-2)7-4-15)24-19-10-8-18(27)13-16(19)5-9-20(24)22(25)11-12-23(25)28/h3-4,6-7,13,20-23,26,28H,5,8-12,14H2,1-2H3. The van der Waals surface area contributed by atoms with Gasteiger partial charge < -0.3 is 10.4 Å². The van der Waals surface area contributed by atoms with Crippen molar-refractivity contribution in [1.29, 1.82) is 0 Å². The number of aliphatic hydroxyl groups excluding tert-OH is 1. The highest BCUT2D eigenvalue weighted by Crippen LogP contribution is 2.63. The molecule has 2 fully saturated rings. The molecular formula is C25H31NO2. The molecule has 0 spiro atoms. The molecule has 28 heavy (non-hydrogen) atoms. The Hall–Kier alpha value is -1.87. The highest BCUT2D eigenvalue weighted by molar-refractivity contribution is 5.93. The van der Waals surface area contributed by atoms with E-state index in [1.165, 1.54) is 16.7 Å². The number of carbonyl (C=O) groups excluding carboxylic acids is 1. The number of anilines is 1. The van der Waals surface area contributed by atoms with Gasteiger partial charge in [-0.3, -0.25) is 4.79 Å². The number of fused-ring (bicyclic) bond motifs is 4. The van der Waals surface area contributed by atoms with Crippen LogP contribution in [0.2, 0.25) is 0 Å². The molecule has 4 aliphatic rings. The summed E-state index contributed by atoms with van der Waals surface area (Å²) in [7, 11) is 1.95. The van der Waals surface area contributed by atoms with Crippen LogP contribution >= 0.6 is 0 Å². The predicted molar refractivity (Wildman–Crippen MR) is 112 cm³/mol.